The molecule has 1 aliphatic carbocycles. The normalized spacial score (nSPS) is 16.5. The molecule has 1 fully saturated rings. The molecule has 6 nitrogen and oxygen atoms in total. The van der Waals surface area contributed by atoms with Gasteiger partial charge in [-0.05, 0) is 42.0 Å². The summed E-state index contributed by atoms with van der Waals surface area (Å²) in [5.41, 5.74) is 2.44. The second-order valence-corrected chi connectivity index (χ2v) is 8.55. The molecule has 152 valence electrons. The lowest BCUT2D eigenvalue weighted by atomic mass is 9.73. The van der Waals surface area contributed by atoms with Crippen molar-refractivity contribution in [1.29, 1.82) is 0 Å². The Morgan fingerprint density at radius 2 is 1.97 bits per heavy atom. The molecule has 0 saturated heterocycles. The Balaban J connectivity index is 1.34. The number of nitrogens with one attached hydrogen (secondary N) is 2. The van der Waals surface area contributed by atoms with Crippen LogP contribution in [-0.2, 0) is 12.0 Å². The second kappa shape index (κ2) is 9.22. The molecule has 2 heterocycles. The summed E-state index contributed by atoms with van der Waals surface area (Å²) < 4.78 is 1.76. The van der Waals surface area contributed by atoms with Gasteiger partial charge in [-0.3, -0.25) is 4.99 Å². The van der Waals surface area contributed by atoms with E-state index in [4.69, 9.17) is 0 Å². The van der Waals surface area contributed by atoms with Crippen molar-refractivity contribution in [2.45, 2.75) is 44.1 Å². The van der Waals surface area contributed by atoms with E-state index in [0.29, 0.717) is 0 Å². The average Bonchev–Trinajstić information content (AvgIpc) is 3.50. The van der Waals surface area contributed by atoms with Crippen molar-refractivity contribution in [3.8, 4) is 5.69 Å². The number of hydrogen-bond acceptors (Lipinski definition) is 4. The van der Waals surface area contributed by atoms with Gasteiger partial charge in [-0.15, -0.1) is 11.3 Å². The van der Waals surface area contributed by atoms with Gasteiger partial charge in [-0.25, -0.2) is 9.67 Å². The first-order valence-corrected chi connectivity index (χ1v) is 11.1. The number of benzene rings is 1. The van der Waals surface area contributed by atoms with Crippen molar-refractivity contribution >= 4 is 17.3 Å². The summed E-state index contributed by atoms with van der Waals surface area (Å²) in [7, 11) is 1.84. The van der Waals surface area contributed by atoms with E-state index in [0.717, 1.165) is 24.7 Å². The fourth-order valence-electron chi connectivity index (χ4n) is 4.09. The third-order valence-electron chi connectivity index (χ3n) is 5.75. The van der Waals surface area contributed by atoms with Gasteiger partial charge in [0.05, 0.1) is 5.69 Å². The van der Waals surface area contributed by atoms with E-state index >= 15 is 0 Å². The van der Waals surface area contributed by atoms with E-state index in [-0.39, 0.29) is 5.41 Å². The fourth-order valence-corrected chi connectivity index (χ4v) is 5.07. The standard InChI is InChI=1S/C22H28N6S/c1-23-21(25-14-18-7-9-19(10-8-18)28-17-24-16-27-28)26-15-22(11-3-2-4-12-22)20-6-5-13-29-20/h5-10,13,16-17H,2-4,11-12,14-15H2,1H3,(H2,23,25,26). The van der Waals surface area contributed by atoms with E-state index < -0.39 is 0 Å². The predicted molar refractivity (Wildman–Crippen MR) is 119 cm³/mol. The van der Waals surface area contributed by atoms with Crippen LogP contribution in [0.1, 0.15) is 42.5 Å². The van der Waals surface area contributed by atoms with Gasteiger partial charge in [0.25, 0.3) is 0 Å². The van der Waals surface area contributed by atoms with Gasteiger partial charge in [0, 0.05) is 30.4 Å². The maximum Gasteiger partial charge on any atom is 0.191 e. The fraction of sp³-hybridized carbons (Fsp3) is 0.409. The van der Waals surface area contributed by atoms with Gasteiger partial charge in [0.2, 0.25) is 0 Å². The SMILES string of the molecule is CN=C(NCc1ccc(-n2cncn2)cc1)NCC1(c2cccs2)CCCCC1. The molecule has 3 aromatic rings. The Kier molecular flexibility index (Phi) is 6.24. The first-order chi connectivity index (χ1) is 14.3. The smallest absolute Gasteiger partial charge is 0.191 e. The van der Waals surface area contributed by atoms with Crippen LogP contribution in [-0.4, -0.2) is 34.3 Å². The van der Waals surface area contributed by atoms with Gasteiger partial charge in [0.15, 0.2) is 5.96 Å². The minimum Gasteiger partial charge on any atom is -0.355 e. The van der Waals surface area contributed by atoms with Crippen LogP contribution in [0.5, 0.6) is 0 Å². The van der Waals surface area contributed by atoms with E-state index in [2.05, 4.69) is 67.5 Å². The van der Waals surface area contributed by atoms with Gasteiger partial charge < -0.3 is 10.6 Å². The van der Waals surface area contributed by atoms with E-state index in [1.807, 2.05) is 18.4 Å². The third-order valence-corrected chi connectivity index (χ3v) is 6.87. The number of rotatable bonds is 6. The van der Waals surface area contributed by atoms with Crippen LogP contribution in [0.25, 0.3) is 5.69 Å². The lowest BCUT2D eigenvalue weighted by Gasteiger charge is -2.37. The Morgan fingerprint density at radius 1 is 1.14 bits per heavy atom. The average molecular weight is 409 g/mol. The largest absolute Gasteiger partial charge is 0.355 e. The molecule has 7 heteroatoms. The first kappa shape index (κ1) is 19.6. The van der Waals surface area contributed by atoms with E-state index in [1.165, 1.54) is 42.5 Å². The molecule has 0 unspecified atom stereocenters. The highest BCUT2D eigenvalue weighted by molar-refractivity contribution is 7.10. The highest BCUT2D eigenvalue weighted by atomic mass is 32.1. The molecule has 29 heavy (non-hydrogen) atoms. The minimum atomic E-state index is 0.240. The molecule has 0 aliphatic heterocycles. The number of aromatic nitrogens is 3. The Morgan fingerprint density at radius 3 is 2.62 bits per heavy atom. The molecular formula is C22H28N6S. The quantitative estimate of drug-likeness (QED) is 0.480. The molecule has 0 amide bonds. The summed E-state index contributed by atoms with van der Waals surface area (Å²) in [5.74, 6) is 0.854. The lowest BCUT2D eigenvalue weighted by Crippen LogP contribution is -2.46. The van der Waals surface area contributed by atoms with Gasteiger partial charge in [0.1, 0.15) is 12.7 Å². The molecule has 2 N–H and O–H groups in total. The Bertz CT molecular complexity index is 893. The molecular weight excluding hydrogens is 380 g/mol. The van der Waals surface area contributed by atoms with Crippen LogP contribution < -0.4 is 10.6 Å². The number of hydrogen-bond donors (Lipinski definition) is 2. The number of aliphatic imine (C=N–C) groups is 1. The predicted octanol–water partition coefficient (Wildman–Crippen LogP) is 3.90. The number of guanidine groups is 1. The molecule has 1 aliphatic rings. The molecule has 1 saturated carbocycles. The van der Waals surface area contributed by atoms with Crippen LogP contribution in [0.2, 0.25) is 0 Å². The molecule has 4 rings (SSSR count). The topological polar surface area (TPSA) is 67.1 Å². The zero-order chi connectivity index (χ0) is 19.9. The first-order valence-electron chi connectivity index (χ1n) is 10.2. The Labute approximate surface area is 176 Å². The summed E-state index contributed by atoms with van der Waals surface area (Å²) in [5, 5.41) is 13.4. The van der Waals surface area contributed by atoms with Crippen molar-refractivity contribution in [2.24, 2.45) is 4.99 Å². The van der Waals surface area contributed by atoms with Crippen LogP contribution in [0.3, 0.4) is 0 Å². The van der Waals surface area contributed by atoms with Crippen molar-refractivity contribution < 1.29 is 0 Å². The molecule has 0 spiro atoms. The van der Waals surface area contributed by atoms with Crippen LogP contribution >= 0.6 is 11.3 Å². The van der Waals surface area contributed by atoms with Gasteiger partial charge >= 0.3 is 0 Å². The molecule has 1 aromatic carbocycles. The zero-order valence-corrected chi connectivity index (χ0v) is 17.7. The molecule has 0 bridgehead atoms. The van der Waals surface area contributed by atoms with E-state index in [1.54, 1.807) is 17.3 Å². The third kappa shape index (κ3) is 4.67. The van der Waals surface area contributed by atoms with Gasteiger partial charge in [-0.1, -0.05) is 37.5 Å². The maximum absolute atomic E-state index is 4.43. The minimum absolute atomic E-state index is 0.240. The number of thiophene rings is 1. The second-order valence-electron chi connectivity index (χ2n) is 7.60. The van der Waals surface area contributed by atoms with E-state index in [9.17, 15) is 0 Å². The highest BCUT2D eigenvalue weighted by Gasteiger charge is 2.34. The van der Waals surface area contributed by atoms with Crippen LogP contribution in [0.4, 0.5) is 0 Å². The monoisotopic (exact) mass is 408 g/mol. The molecule has 0 radical (unpaired) electrons. The Hall–Kier alpha value is -2.67. The summed E-state index contributed by atoms with van der Waals surface area (Å²) in [6.45, 7) is 1.65. The van der Waals surface area contributed by atoms with Gasteiger partial charge in [-0.2, -0.15) is 5.10 Å². The highest BCUT2D eigenvalue weighted by Crippen LogP contribution is 2.41. The van der Waals surface area contributed by atoms with Crippen molar-refractivity contribution in [3.05, 3.63) is 64.9 Å². The van der Waals surface area contributed by atoms with Crippen molar-refractivity contribution in [1.82, 2.24) is 25.4 Å². The van der Waals surface area contributed by atoms with Crippen LogP contribution in [0, 0.1) is 0 Å². The maximum atomic E-state index is 4.43. The summed E-state index contributed by atoms with van der Waals surface area (Å²) in [6, 6.07) is 12.8. The summed E-state index contributed by atoms with van der Waals surface area (Å²) in [4.78, 5) is 9.93. The number of nitrogens with zero attached hydrogens (tertiary/aromatic N) is 4. The molecule has 2 aromatic heterocycles. The lowest BCUT2D eigenvalue weighted by molar-refractivity contribution is 0.296. The van der Waals surface area contributed by atoms with Crippen molar-refractivity contribution in [2.75, 3.05) is 13.6 Å². The summed E-state index contributed by atoms with van der Waals surface area (Å²) >= 11 is 1.89. The zero-order valence-electron chi connectivity index (χ0n) is 16.8. The van der Waals surface area contributed by atoms with Crippen LogP contribution in [0.15, 0.2) is 59.4 Å². The summed E-state index contributed by atoms with van der Waals surface area (Å²) in [6.07, 6.45) is 9.72. The van der Waals surface area contributed by atoms with Crippen molar-refractivity contribution in [3.63, 3.8) is 0 Å². The molecule has 0 atom stereocenters.